The summed E-state index contributed by atoms with van der Waals surface area (Å²) in [4.78, 5) is 6.74. The third-order valence-corrected chi connectivity index (χ3v) is 5.51. The van der Waals surface area contributed by atoms with Crippen LogP contribution in [0.5, 0.6) is 0 Å². The van der Waals surface area contributed by atoms with Crippen molar-refractivity contribution >= 4 is 11.6 Å². The minimum Gasteiger partial charge on any atom is -0.372 e. The summed E-state index contributed by atoms with van der Waals surface area (Å²) in [5.41, 5.74) is 3.68. The molecule has 1 aliphatic carbocycles. The van der Waals surface area contributed by atoms with E-state index in [-0.39, 0.29) is 0 Å². The summed E-state index contributed by atoms with van der Waals surface area (Å²) in [5.74, 6) is 0.791. The topological polar surface area (TPSA) is 57.5 Å². The van der Waals surface area contributed by atoms with Gasteiger partial charge in [0.05, 0.1) is 12.2 Å². The second kappa shape index (κ2) is 9.44. The highest BCUT2D eigenvalue weighted by atomic mass is 15.3. The van der Waals surface area contributed by atoms with Crippen LogP contribution in [0.25, 0.3) is 0 Å². The number of hydrogen-bond acceptors (Lipinski definition) is 3. The molecule has 1 fully saturated rings. The number of rotatable bonds is 6. The molecule has 0 aliphatic heterocycles. The summed E-state index contributed by atoms with van der Waals surface area (Å²) in [6.45, 7) is 1.44. The number of benzene rings is 1. The fraction of sp³-hybridized carbons (Fsp3) is 0.524. The first kappa shape index (κ1) is 19.3. The Hall–Kier alpha value is -2.50. The van der Waals surface area contributed by atoms with Crippen LogP contribution < -0.4 is 15.5 Å². The first-order chi connectivity index (χ1) is 13.2. The van der Waals surface area contributed by atoms with Crippen molar-refractivity contribution in [1.82, 2.24) is 20.4 Å². The molecule has 0 amide bonds. The second-order valence-electron chi connectivity index (χ2n) is 7.29. The van der Waals surface area contributed by atoms with Gasteiger partial charge in [0.2, 0.25) is 0 Å². The van der Waals surface area contributed by atoms with Crippen LogP contribution in [0.15, 0.2) is 41.5 Å². The number of aryl methyl sites for hydroxylation is 1. The predicted octanol–water partition coefficient (Wildman–Crippen LogP) is 3.05. The van der Waals surface area contributed by atoms with Crippen molar-refractivity contribution in [3.63, 3.8) is 0 Å². The summed E-state index contributed by atoms with van der Waals surface area (Å²) in [6.07, 6.45) is 8.56. The molecule has 0 atom stereocenters. The molecule has 6 nitrogen and oxygen atoms in total. The van der Waals surface area contributed by atoms with Crippen LogP contribution in [0.4, 0.5) is 5.69 Å². The van der Waals surface area contributed by atoms with Gasteiger partial charge in [0, 0.05) is 45.6 Å². The molecular formula is C21H32N6. The summed E-state index contributed by atoms with van der Waals surface area (Å²) in [7, 11) is 5.97. The van der Waals surface area contributed by atoms with Gasteiger partial charge in [-0.15, -0.1) is 0 Å². The van der Waals surface area contributed by atoms with Crippen LogP contribution in [-0.4, -0.2) is 35.9 Å². The van der Waals surface area contributed by atoms with Gasteiger partial charge in [0.1, 0.15) is 0 Å². The van der Waals surface area contributed by atoms with Crippen LogP contribution in [0.1, 0.15) is 43.4 Å². The van der Waals surface area contributed by atoms with Crippen molar-refractivity contribution < 1.29 is 0 Å². The van der Waals surface area contributed by atoms with Gasteiger partial charge in [0.15, 0.2) is 5.96 Å². The lowest BCUT2D eigenvalue weighted by molar-refractivity contribution is 0.427. The van der Waals surface area contributed by atoms with Crippen LogP contribution in [0.3, 0.4) is 0 Å². The van der Waals surface area contributed by atoms with Gasteiger partial charge in [-0.3, -0.25) is 9.67 Å². The van der Waals surface area contributed by atoms with Gasteiger partial charge >= 0.3 is 0 Å². The van der Waals surface area contributed by atoms with E-state index in [0.717, 1.165) is 18.2 Å². The van der Waals surface area contributed by atoms with Gasteiger partial charge in [-0.05, 0) is 36.6 Å². The summed E-state index contributed by atoms with van der Waals surface area (Å²) < 4.78 is 1.86. The quantitative estimate of drug-likeness (QED) is 0.608. The Labute approximate surface area is 162 Å². The number of guanidine groups is 1. The van der Waals surface area contributed by atoms with Crippen LogP contribution in [0.2, 0.25) is 0 Å². The summed E-state index contributed by atoms with van der Waals surface area (Å²) >= 11 is 0. The van der Waals surface area contributed by atoms with Gasteiger partial charge in [0.25, 0.3) is 0 Å². The lowest BCUT2D eigenvalue weighted by Gasteiger charge is -2.33. The van der Waals surface area contributed by atoms with Crippen molar-refractivity contribution in [2.75, 3.05) is 19.0 Å². The number of nitrogens with one attached hydrogen (secondary N) is 2. The smallest absolute Gasteiger partial charge is 0.191 e. The Balaban J connectivity index is 1.49. The minimum absolute atomic E-state index is 0.692. The molecule has 0 unspecified atom stereocenters. The maximum absolute atomic E-state index is 4.30. The molecule has 3 rings (SSSR count). The molecule has 1 heterocycles. The maximum atomic E-state index is 4.30. The van der Waals surface area contributed by atoms with Crippen molar-refractivity contribution in [3.05, 3.63) is 47.8 Å². The highest BCUT2D eigenvalue weighted by Crippen LogP contribution is 2.26. The Kier molecular flexibility index (Phi) is 6.74. The number of aromatic nitrogens is 2. The van der Waals surface area contributed by atoms with Crippen molar-refractivity contribution in [2.24, 2.45) is 12.0 Å². The number of hydrogen-bond donors (Lipinski definition) is 2. The normalized spacial score (nSPS) is 15.6. The zero-order valence-corrected chi connectivity index (χ0v) is 16.8. The zero-order chi connectivity index (χ0) is 19.1. The number of anilines is 1. The highest BCUT2D eigenvalue weighted by Gasteiger charge is 2.18. The van der Waals surface area contributed by atoms with E-state index in [1.54, 1.807) is 13.2 Å². The molecule has 1 aliphatic rings. The minimum atomic E-state index is 0.692. The van der Waals surface area contributed by atoms with E-state index in [1.165, 1.54) is 43.4 Å². The lowest BCUT2D eigenvalue weighted by atomic mass is 9.94. The van der Waals surface area contributed by atoms with Crippen LogP contribution in [-0.2, 0) is 20.1 Å². The van der Waals surface area contributed by atoms with Crippen molar-refractivity contribution in [3.8, 4) is 0 Å². The van der Waals surface area contributed by atoms with Crippen LogP contribution in [0, 0.1) is 0 Å². The molecule has 1 aromatic carbocycles. The Morgan fingerprint density at radius 2 is 1.81 bits per heavy atom. The van der Waals surface area contributed by atoms with E-state index in [9.17, 15) is 0 Å². The predicted molar refractivity (Wildman–Crippen MR) is 112 cm³/mol. The van der Waals surface area contributed by atoms with E-state index in [2.05, 4.69) is 56.9 Å². The van der Waals surface area contributed by atoms with E-state index in [4.69, 9.17) is 0 Å². The molecule has 0 bridgehead atoms. The van der Waals surface area contributed by atoms with Gasteiger partial charge in [-0.25, -0.2) is 0 Å². The van der Waals surface area contributed by atoms with Crippen molar-refractivity contribution in [2.45, 2.75) is 51.2 Å². The molecule has 6 heteroatoms. The van der Waals surface area contributed by atoms with E-state index in [1.807, 2.05) is 17.8 Å². The third kappa shape index (κ3) is 5.25. The monoisotopic (exact) mass is 368 g/mol. The fourth-order valence-electron chi connectivity index (χ4n) is 3.68. The Morgan fingerprint density at radius 3 is 2.44 bits per heavy atom. The van der Waals surface area contributed by atoms with Crippen LogP contribution >= 0.6 is 0 Å². The molecule has 2 aromatic rings. The summed E-state index contributed by atoms with van der Waals surface area (Å²) in [5, 5.41) is 10.9. The van der Waals surface area contributed by atoms with Gasteiger partial charge in [-0.1, -0.05) is 31.4 Å². The van der Waals surface area contributed by atoms with Gasteiger partial charge in [-0.2, -0.15) is 5.10 Å². The lowest BCUT2D eigenvalue weighted by Crippen LogP contribution is -2.36. The second-order valence-corrected chi connectivity index (χ2v) is 7.29. The average Bonchev–Trinajstić information content (AvgIpc) is 3.13. The molecule has 1 saturated carbocycles. The standard InChI is InChI=1S/C21H32N6/c1-22-21(24-16-20-13-14-25-27(20)3)23-15-17-9-11-19(12-10-17)26(2)18-7-5-4-6-8-18/h9-14,18H,4-8,15-16H2,1-3H3,(H2,22,23,24). The fourth-order valence-corrected chi connectivity index (χ4v) is 3.68. The summed E-state index contributed by atoms with van der Waals surface area (Å²) in [6, 6.07) is 11.6. The SMILES string of the molecule is CN=C(NCc1ccc(N(C)C2CCCCC2)cc1)NCc1ccnn1C. The molecule has 0 saturated heterocycles. The average molecular weight is 369 g/mol. The first-order valence-corrected chi connectivity index (χ1v) is 9.90. The molecule has 0 spiro atoms. The zero-order valence-electron chi connectivity index (χ0n) is 16.8. The van der Waals surface area contributed by atoms with E-state index < -0.39 is 0 Å². The van der Waals surface area contributed by atoms with Crippen molar-refractivity contribution in [1.29, 1.82) is 0 Å². The molecule has 0 radical (unpaired) electrons. The first-order valence-electron chi connectivity index (χ1n) is 9.90. The molecule has 146 valence electrons. The number of nitrogens with zero attached hydrogens (tertiary/aromatic N) is 4. The van der Waals surface area contributed by atoms with Gasteiger partial charge < -0.3 is 15.5 Å². The molecule has 1 aromatic heterocycles. The molecule has 2 N–H and O–H groups in total. The maximum Gasteiger partial charge on any atom is 0.191 e. The Bertz CT molecular complexity index is 727. The highest BCUT2D eigenvalue weighted by molar-refractivity contribution is 5.79. The molecular weight excluding hydrogens is 336 g/mol. The number of aliphatic imine (C=N–C) groups is 1. The van der Waals surface area contributed by atoms with E-state index in [0.29, 0.717) is 12.6 Å². The third-order valence-electron chi connectivity index (χ3n) is 5.51. The Morgan fingerprint density at radius 1 is 1.11 bits per heavy atom. The molecule has 27 heavy (non-hydrogen) atoms. The van der Waals surface area contributed by atoms with E-state index >= 15 is 0 Å². The largest absolute Gasteiger partial charge is 0.372 e.